The van der Waals surface area contributed by atoms with Gasteiger partial charge in [-0.3, -0.25) is 9.59 Å². The summed E-state index contributed by atoms with van der Waals surface area (Å²) in [6.07, 6.45) is 2.85. The number of hydrogen-bond donors (Lipinski definition) is 0. The van der Waals surface area contributed by atoms with Crippen LogP contribution in [0.1, 0.15) is 26.3 Å². The zero-order chi connectivity index (χ0) is 16.8. The van der Waals surface area contributed by atoms with Crippen molar-refractivity contribution in [2.45, 2.75) is 0 Å². The number of methoxy groups -OCH3 is 1. The van der Waals surface area contributed by atoms with Crippen LogP contribution in [0.25, 0.3) is 6.08 Å². The molecular formula is C18H13BrO4. The van der Waals surface area contributed by atoms with Gasteiger partial charge in [0.15, 0.2) is 0 Å². The van der Waals surface area contributed by atoms with E-state index in [-0.39, 0.29) is 0 Å². The van der Waals surface area contributed by atoms with Crippen molar-refractivity contribution in [3.63, 3.8) is 0 Å². The summed E-state index contributed by atoms with van der Waals surface area (Å²) in [5.74, 6) is -1.60. The molecule has 0 spiro atoms. The molecule has 2 rings (SSSR count). The number of benzene rings is 2. The SMILES string of the molecule is COC(=O)/C=C/c1ccc(C(=O)C(=O)c2ccc(Br)cc2)cc1. The van der Waals surface area contributed by atoms with Crippen LogP contribution in [0.5, 0.6) is 0 Å². The molecule has 5 heteroatoms. The zero-order valence-electron chi connectivity index (χ0n) is 12.3. The van der Waals surface area contributed by atoms with Crippen molar-refractivity contribution in [2.24, 2.45) is 0 Å². The summed E-state index contributed by atoms with van der Waals surface area (Å²) in [7, 11) is 1.29. The van der Waals surface area contributed by atoms with Gasteiger partial charge in [0, 0.05) is 21.7 Å². The van der Waals surface area contributed by atoms with Crippen LogP contribution in [0.15, 0.2) is 59.1 Å². The summed E-state index contributed by atoms with van der Waals surface area (Å²) in [4.78, 5) is 35.4. The summed E-state index contributed by atoms with van der Waals surface area (Å²) >= 11 is 3.28. The van der Waals surface area contributed by atoms with Crippen LogP contribution in [0, 0.1) is 0 Å². The van der Waals surface area contributed by atoms with E-state index >= 15 is 0 Å². The number of rotatable bonds is 5. The highest BCUT2D eigenvalue weighted by molar-refractivity contribution is 9.10. The normalized spacial score (nSPS) is 10.5. The molecule has 0 radical (unpaired) electrons. The maximum Gasteiger partial charge on any atom is 0.330 e. The summed E-state index contributed by atoms with van der Waals surface area (Å²) < 4.78 is 5.33. The standard InChI is InChI=1S/C18H13BrO4/c1-23-16(20)11-4-12-2-5-13(6-3-12)17(21)18(22)14-7-9-15(19)10-8-14/h2-11H,1H3/b11-4+. The van der Waals surface area contributed by atoms with Gasteiger partial charge in [-0.1, -0.05) is 40.2 Å². The summed E-state index contributed by atoms with van der Waals surface area (Å²) in [5.41, 5.74) is 1.36. The number of esters is 1. The molecule has 0 fully saturated rings. The maximum atomic E-state index is 12.2. The lowest BCUT2D eigenvalue weighted by molar-refractivity contribution is -0.134. The Kier molecular flexibility index (Phi) is 5.60. The summed E-state index contributed by atoms with van der Waals surface area (Å²) in [5, 5.41) is 0. The fraction of sp³-hybridized carbons (Fsp3) is 0.0556. The second-order valence-electron chi connectivity index (χ2n) is 4.64. The highest BCUT2D eigenvalue weighted by Gasteiger charge is 2.17. The average molecular weight is 373 g/mol. The molecule has 0 saturated carbocycles. The molecule has 0 atom stereocenters. The van der Waals surface area contributed by atoms with E-state index in [0.29, 0.717) is 11.1 Å². The topological polar surface area (TPSA) is 60.4 Å². The Morgan fingerprint density at radius 1 is 0.870 bits per heavy atom. The Bertz CT molecular complexity index is 759. The van der Waals surface area contributed by atoms with Crippen molar-refractivity contribution in [3.8, 4) is 0 Å². The lowest BCUT2D eigenvalue weighted by Crippen LogP contribution is -2.14. The van der Waals surface area contributed by atoms with Crippen LogP contribution in [0.2, 0.25) is 0 Å². The van der Waals surface area contributed by atoms with Crippen LogP contribution in [-0.4, -0.2) is 24.6 Å². The Hall–Kier alpha value is -2.53. The molecule has 2 aromatic carbocycles. The van der Waals surface area contributed by atoms with Crippen LogP contribution in [-0.2, 0) is 9.53 Å². The first-order valence-corrected chi connectivity index (χ1v) is 7.51. The molecule has 0 N–H and O–H groups in total. The Balaban J connectivity index is 2.14. The van der Waals surface area contributed by atoms with E-state index < -0.39 is 17.5 Å². The van der Waals surface area contributed by atoms with Gasteiger partial charge in [0.1, 0.15) is 0 Å². The van der Waals surface area contributed by atoms with E-state index in [1.807, 2.05) is 0 Å². The van der Waals surface area contributed by atoms with E-state index in [4.69, 9.17) is 0 Å². The van der Waals surface area contributed by atoms with Gasteiger partial charge in [0.05, 0.1) is 7.11 Å². The molecule has 0 aliphatic carbocycles. The Labute approximate surface area is 141 Å². The number of carbonyl (C=O) groups excluding carboxylic acids is 3. The van der Waals surface area contributed by atoms with Gasteiger partial charge >= 0.3 is 5.97 Å². The van der Waals surface area contributed by atoms with E-state index in [2.05, 4.69) is 20.7 Å². The predicted octanol–water partition coefficient (Wildman–Crippen LogP) is 3.70. The first-order chi connectivity index (χ1) is 11.0. The fourth-order valence-corrected chi connectivity index (χ4v) is 2.11. The van der Waals surface area contributed by atoms with Gasteiger partial charge in [0.25, 0.3) is 0 Å². The first kappa shape index (κ1) is 16.8. The molecule has 0 saturated heterocycles. The van der Waals surface area contributed by atoms with Crippen molar-refractivity contribution in [3.05, 3.63) is 75.8 Å². The third-order valence-electron chi connectivity index (χ3n) is 3.10. The molecule has 0 aliphatic heterocycles. The first-order valence-electron chi connectivity index (χ1n) is 6.72. The molecule has 0 amide bonds. The number of ether oxygens (including phenoxy) is 1. The van der Waals surface area contributed by atoms with Gasteiger partial charge in [-0.25, -0.2) is 4.79 Å². The van der Waals surface area contributed by atoms with Gasteiger partial charge in [-0.2, -0.15) is 0 Å². The van der Waals surface area contributed by atoms with E-state index in [9.17, 15) is 14.4 Å². The van der Waals surface area contributed by atoms with Crippen LogP contribution < -0.4 is 0 Å². The molecule has 4 nitrogen and oxygen atoms in total. The molecule has 116 valence electrons. The lowest BCUT2D eigenvalue weighted by Gasteiger charge is -2.02. The minimum atomic E-state index is -0.573. The number of halogens is 1. The highest BCUT2D eigenvalue weighted by Crippen LogP contribution is 2.14. The number of Topliss-reactive ketones (excluding diaryl/α,β-unsaturated/α-hetero) is 2. The lowest BCUT2D eigenvalue weighted by atomic mass is 10.0. The van der Waals surface area contributed by atoms with Crippen molar-refractivity contribution < 1.29 is 19.1 Å². The van der Waals surface area contributed by atoms with Gasteiger partial charge in [-0.15, -0.1) is 0 Å². The largest absolute Gasteiger partial charge is 0.466 e. The molecule has 2 aromatic rings. The van der Waals surface area contributed by atoms with E-state index in [1.54, 1.807) is 54.6 Å². The smallest absolute Gasteiger partial charge is 0.330 e. The number of carbonyl (C=O) groups is 3. The Morgan fingerprint density at radius 2 is 1.35 bits per heavy atom. The fourth-order valence-electron chi connectivity index (χ4n) is 1.84. The van der Waals surface area contributed by atoms with Crippen molar-refractivity contribution in [1.82, 2.24) is 0 Å². The monoisotopic (exact) mass is 372 g/mol. The third kappa shape index (κ3) is 4.47. The number of ketones is 2. The van der Waals surface area contributed by atoms with Gasteiger partial charge in [-0.05, 0) is 35.9 Å². The molecule has 23 heavy (non-hydrogen) atoms. The quantitative estimate of drug-likeness (QED) is 0.347. The predicted molar refractivity (Wildman–Crippen MR) is 90.3 cm³/mol. The minimum Gasteiger partial charge on any atom is -0.466 e. The minimum absolute atomic E-state index is 0.299. The van der Waals surface area contributed by atoms with E-state index in [1.165, 1.54) is 13.2 Å². The second-order valence-corrected chi connectivity index (χ2v) is 5.56. The van der Waals surface area contributed by atoms with Crippen LogP contribution >= 0.6 is 15.9 Å². The molecule has 0 aliphatic rings. The molecule has 0 unspecified atom stereocenters. The van der Waals surface area contributed by atoms with Crippen molar-refractivity contribution in [2.75, 3.05) is 7.11 Å². The molecular weight excluding hydrogens is 360 g/mol. The maximum absolute atomic E-state index is 12.2. The number of hydrogen-bond acceptors (Lipinski definition) is 4. The third-order valence-corrected chi connectivity index (χ3v) is 3.63. The zero-order valence-corrected chi connectivity index (χ0v) is 13.9. The average Bonchev–Trinajstić information content (AvgIpc) is 2.59. The van der Waals surface area contributed by atoms with E-state index in [0.717, 1.165) is 10.0 Å². The molecule has 0 bridgehead atoms. The molecule has 0 heterocycles. The van der Waals surface area contributed by atoms with Crippen LogP contribution in [0.4, 0.5) is 0 Å². The van der Waals surface area contributed by atoms with Gasteiger partial charge in [0.2, 0.25) is 11.6 Å². The second kappa shape index (κ2) is 7.65. The highest BCUT2D eigenvalue weighted by atomic mass is 79.9. The van der Waals surface area contributed by atoms with Crippen LogP contribution in [0.3, 0.4) is 0 Å². The summed E-state index contributed by atoms with van der Waals surface area (Å²) in [6.45, 7) is 0. The van der Waals surface area contributed by atoms with Crippen molar-refractivity contribution >= 4 is 39.5 Å². The summed E-state index contributed by atoms with van der Waals surface area (Å²) in [6, 6.07) is 13.0. The van der Waals surface area contributed by atoms with Gasteiger partial charge < -0.3 is 4.74 Å². The molecule has 0 aromatic heterocycles. The van der Waals surface area contributed by atoms with Crippen molar-refractivity contribution in [1.29, 1.82) is 0 Å². The Morgan fingerprint density at radius 3 is 1.83 bits per heavy atom.